The van der Waals surface area contributed by atoms with E-state index in [4.69, 9.17) is 21.1 Å². The molecule has 7 nitrogen and oxygen atoms in total. The first kappa shape index (κ1) is 18.4. The Labute approximate surface area is 169 Å². The SMILES string of the molecule is CN1C(=O)/C(=C/c2cc3c(cc2Cl)OCO3)SC1=Nc1ccc(C(=O)[O-])cc1. The minimum absolute atomic E-state index is 0.0606. The first-order valence-electron chi connectivity index (χ1n) is 8.09. The van der Waals surface area contributed by atoms with Crippen LogP contribution in [0, 0.1) is 0 Å². The van der Waals surface area contributed by atoms with Gasteiger partial charge >= 0.3 is 0 Å². The maximum absolute atomic E-state index is 12.6. The predicted molar refractivity (Wildman–Crippen MR) is 104 cm³/mol. The fourth-order valence-corrected chi connectivity index (χ4v) is 3.80. The van der Waals surface area contributed by atoms with Crippen molar-refractivity contribution < 1.29 is 24.2 Å². The van der Waals surface area contributed by atoms with Gasteiger partial charge in [0, 0.05) is 13.1 Å². The van der Waals surface area contributed by atoms with E-state index in [1.165, 1.54) is 28.8 Å². The van der Waals surface area contributed by atoms with E-state index in [1.54, 1.807) is 37.4 Å². The molecule has 1 fully saturated rings. The molecule has 1 amide bonds. The summed E-state index contributed by atoms with van der Waals surface area (Å²) in [6, 6.07) is 9.27. The number of fused-ring (bicyclic) bond motifs is 1. The number of aliphatic imine (C=N–C) groups is 1. The molecule has 142 valence electrons. The molecule has 2 heterocycles. The average Bonchev–Trinajstić information content (AvgIpc) is 3.22. The summed E-state index contributed by atoms with van der Waals surface area (Å²) in [7, 11) is 1.62. The highest BCUT2D eigenvalue weighted by molar-refractivity contribution is 8.18. The molecule has 2 aromatic carbocycles. The Bertz CT molecular complexity index is 1050. The Morgan fingerprint density at radius 2 is 1.93 bits per heavy atom. The van der Waals surface area contributed by atoms with Crippen molar-refractivity contribution in [3.05, 3.63) is 57.5 Å². The second-order valence-corrected chi connectivity index (χ2v) is 7.35. The van der Waals surface area contributed by atoms with Gasteiger partial charge in [0.05, 0.1) is 21.6 Å². The number of carboxylic acid groups (broad SMARTS) is 1. The maximum atomic E-state index is 12.6. The summed E-state index contributed by atoms with van der Waals surface area (Å²) in [4.78, 5) is 29.7. The molecule has 28 heavy (non-hydrogen) atoms. The number of amidine groups is 1. The monoisotopic (exact) mass is 415 g/mol. The summed E-state index contributed by atoms with van der Waals surface area (Å²) >= 11 is 7.48. The first-order valence-corrected chi connectivity index (χ1v) is 9.28. The lowest BCUT2D eigenvalue weighted by Crippen LogP contribution is -2.23. The number of carbonyl (C=O) groups excluding carboxylic acids is 2. The minimum Gasteiger partial charge on any atom is -0.545 e. The third kappa shape index (κ3) is 3.44. The number of benzene rings is 2. The standard InChI is InChI=1S/C19H13ClN2O5S/c1-22-17(23)16(7-11-6-14-15(8-13(11)20)27-9-26-14)28-19(22)21-12-4-2-10(3-5-12)18(24)25/h2-8H,9H2,1H3,(H,24,25)/p-1/b16-7-,21-19?. The van der Waals surface area contributed by atoms with E-state index in [0.29, 0.717) is 37.8 Å². The van der Waals surface area contributed by atoms with E-state index >= 15 is 0 Å². The molecule has 0 atom stereocenters. The second kappa shape index (κ2) is 7.21. The van der Waals surface area contributed by atoms with Gasteiger partial charge in [-0.25, -0.2) is 4.99 Å². The molecule has 2 aliphatic heterocycles. The summed E-state index contributed by atoms with van der Waals surface area (Å²) in [5.74, 6) is -0.338. The van der Waals surface area contributed by atoms with Gasteiger partial charge in [-0.1, -0.05) is 23.7 Å². The van der Waals surface area contributed by atoms with E-state index < -0.39 is 5.97 Å². The predicted octanol–water partition coefficient (Wildman–Crippen LogP) is 2.67. The lowest BCUT2D eigenvalue weighted by molar-refractivity contribution is -0.255. The number of likely N-dealkylation sites (N-methyl/N-ethyl adjacent to an activating group) is 1. The van der Waals surface area contributed by atoms with Crippen LogP contribution in [0.4, 0.5) is 5.69 Å². The highest BCUT2D eigenvalue weighted by Crippen LogP contribution is 2.39. The molecule has 0 unspecified atom stereocenters. The van der Waals surface area contributed by atoms with Gasteiger partial charge in [0.15, 0.2) is 16.7 Å². The quantitative estimate of drug-likeness (QED) is 0.716. The number of hydrogen-bond donors (Lipinski definition) is 0. The van der Waals surface area contributed by atoms with Gasteiger partial charge in [-0.3, -0.25) is 9.69 Å². The zero-order valence-corrected chi connectivity index (χ0v) is 16.0. The van der Waals surface area contributed by atoms with Gasteiger partial charge in [0.25, 0.3) is 5.91 Å². The number of carbonyl (C=O) groups is 2. The van der Waals surface area contributed by atoms with Gasteiger partial charge < -0.3 is 19.4 Å². The number of amides is 1. The third-order valence-corrected chi connectivity index (χ3v) is 5.50. The summed E-state index contributed by atoms with van der Waals surface area (Å²) in [6.45, 7) is 0.135. The van der Waals surface area contributed by atoms with Crippen LogP contribution in [0.15, 0.2) is 46.3 Å². The van der Waals surface area contributed by atoms with Crippen LogP contribution >= 0.6 is 23.4 Å². The molecule has 0 bridgehead atoms. The zero-order valence-electron chi connectivity index (χ0n) is 14.5. The van der Waals surface area contributed by atoms with Crippen molar-refractivity contribution in [2.24, 2.45) is 4.99 Å². The maximum Gasteiger partial charge on any atom is 0.266 e. The van der Waals surface area contributed by atoms with Crippen LogP contribution in [0.5, 0.6) is 11.5 Å². The van der Waals surface area contributed by atoms with Crippen LogP contribution in [0.2, 0.25) is 5.02 Å². The van der Waals surface area contributed by atoms with Crippen molar-refractivity contribution in [2.75, 3.05) is 13.8 Å². The van der Waals surface area contributed by atoms with Crippen LogP contribution in [0.1, 0.15) is 15.9 Å². The number of hydrogen-bond acceptors (Lipinski definition) is 7. The Morgan fingerprint density at radius 1 is 1.25 bits per heavy atom. The van der Waals surface area contributed by atoms with Crippen molar-refractivity contribution in [1.82, 2.24) is 4.90 Å². The number of nitrogens with zero attached hydrogens (tertiary/aromatic N) is 2. The molecule has 4 rings (SSSR count). The van der Waals surface area contributed by atoms with Crippen molar-refractivity contribution in [2.45, 2.75) is 0 Å². The molecule has 2 aromatic rings. The molecular weight excluding hydrogens is 404 g/mol. The van der Waals surface area contributed by atoms with Gasteiger partial charge in [-0.15, -0.1) is 0 Å². The largest absolute Gasteiger partial charge is 0.545 e. The van der Waals surface area contributed by atoms with E-state index in [-0.39, 0.29) is 18.3 Å². The van der Waals surface area contributed by atoms with Crippen molar-refractivity contribution >= 4 is 52.2 Å². The molecule has 0 aromatic heterocycles. The normalized spacial score (nSPS) is 18.4. The Balaban J connectivity index is 1.62. The summed E-state index contributed by atoms with van der Waals surface area (Å²) < 4.78 is 10.6. The van der Waals surface area contributed by atoms with Crippen molar-refractivity contribution in [1.29, 1.82) is 0 Å². The Kier molecular flexibility index (Phi) is 4.74. The summed E-state index contributed by atoms with van der Waals surface area (Å²) in [5.41, 5.74) is 1.22. The Hall–Kier alpha value is -2.97. The fraction of sp³-hybridized carbons (Fsp3) is 0.105. The number of rotatable bonds is 3. The van der Waals surface area contributed by atoms with Crippen molar-refractivity contribution in [3.8, 4) is 11.5 Å². The molecule has 2 aliphatic rings. The van der Waals surface area contributed by atoms with Crippen molar-refractivity contribution in [3.63, 3.8) is 0 Å². The van der Waals surface area contributed by atoms with E-state index in [0.717, 1.165) is 0 Å². The number of ether oxygens (including phenoxy) is 2. The van der Waals surface area contributed by atoms with Crippen LogP contribution in [0.3, 0.4) is 0 Å². The second-order valence-electron chi connectivity index (χ2n) is 5.93. The fourth-order valence-electron chi connectivity index (χ4n) is 2.62. The number of thioether (sulfide) groups is 1. The topological polar surface area (TPSA) is 91.3 Å². The molecule has 0 radical (unpaired) electrons. The molecule has 0 N–H and O–H groups in total. The molecule has 0 saturated carbocycles. The Morgan fingerprint density at radius 3 is 2.61 bits per heavy atom. The lowest BCUT2D eigenvalue weighted by Gasteiger charge is -2.07. The smallest absolute Gasteiger partial charge is 0.266 e. The highest BCUT2D eigenvalue weighted by Gasteiger charge is 2.30. The first-order chi connectivity index (χ1) is 13.4. The lowest BCUT2D eigenvalue weighted by atomic mass is 10.2. The van der Waals surface area contributed by atoms with Gasteiger partial charge in [-0.2, -0.15) is 0 Å². The van der Waals surface area contributed by atoms with Crippen LogP contribution < -0.4 is 14.6 Å². The average molecular weight is 416 g/mol. The minimum atomic E-state index is -1.26. The molecular formula is C19H12ClN2O5S-. The van der Waals surface area contributed by atoms with Crippen LogP contribution in [-0.4, -0.2) is 35.8 Å². The summed E-state index contributed by atoms with van der Waals surface area (Å²) in [6.07, 6.45) is 1.68. The zero-order chi connectivity index (χ0) is 19.8. The van der Waals surface area contributed by atoms with E-state index in [9.17, 15) is 14.7 Å². The molecule has 9 heteroatoms. The van der Waals surface area contributed by atoms with Crippen LogP contribution in [-0.2, 0) is 4.79 Å². The molecule has 1 saturated heterocycles. The van der Waals surface area contributed by atoms with E-state index in [1.807, 2.05) is 0 Å². The highest BCUT2D eigenvalue weighted by atomic mass is 35.5. The van der Waals surface area contributed by atoms with Gasteiger partial charge in [0.1, 0.15) is 0 Å². The molecule has 0 spiro atoms. The van der Waals surface area contributed by atoms with Crippen LogP contribution in [0.25, 0.3) is 6.08 Å². The number of halogens is 1. The number of carboxylic acids is 1. The third-order valence-electron chi connectivity index (χ3n) is 4.11. The van der Waals surface area contributed by atoms with Gasteiger partial charge in [-0.05, 0) is 47.2 Å². The summed E-state index contributed by atoms with van der Waals surface area (Å²) in [5, 5.41) is 11.7. The number of aromatic carboxylic acids is 1. The molecule has 0 aliphatic carbocycles. The van der Waals surface area contributed by atoms with Gasteiger partial charge in [0.2, 0.25) is 6.79 Å². The van der Waals surface area contributed by atoms with E-state index in [2.05, 4.69) is 4.99 Å².